The van der Waals surface area contributed by atoms with Crippen molar-refractivity contribution in [1.29, 1.82) is 0 Å². The van der Waals surface area contributed by atoms with Gasteiger partial charge >= 0.3 is 0 Å². The molecule has 1 aromatic heterocycles. The van der Waals surface area contributed by atoms with E-state index in [1.54, 1.807) is 0 Å². The molecule has 1 aromatic rings. The van der Waals surface area contributed by atoms with Crippen LogP contribution in [-0.4, -0.2) is 23.3 Å². The molecular weight excluding hydrogens is 242 g/mol. The highest BCUT2D eigenvalue weighted by Crippen LogP contribution is 2.39. The van der Waals surface area contributed by atoms with Gasteiger partial charge in [-0.2, -0.15) is 4.98 Å². The van der Waals surface area contributed by atoms with Gasteiger partial charge in [-0.25, -0.2) is 0 Å². The van der Waals surface area contributed by atoms with Gasteiger partial charge in [0.1, 0.15) is 5.60 Å². The standard InChI is InChI=1S/C14H23N3O2/c1-2-18-14(8-4-3-5-9-14)13-16-12(19-17-13)11-7-6-10-15-11/h11,15H,2-10H2,1H3. The summed E-state index contributed by atoms with van der Waals surface area (Å²) in [4.78, 5) is 4.64. The molecule has 1 N–H and O–H groups in total. The second-order valence-corrected chi connectivity index (χ2v) is 5.59. The molecule has 2 aliphatic rings. The minimum Gasteiger partial charge on any atom is -0.367 e. The van der Waals surface area contributed by atoms with Crippen molar-refractivity contribution in [1.82, 2.24) is 15.5 Å². The third kappa shape index (κ3) is 2.54. The maximum atomic E-state index is 6.03. The molecule has 0 amide bonds. The van der Waals surface area contributed by atoms with Gasteiger partial charge in [0.05, 0.1) is 6.04 Å². The summed E-state index contributed by atoms with van der Waals surface area (Å²) in [6.45, 7) is 3.78. The summed E-state index contributed by atoms with van der Waals surface area (Å²) in [6.07, 6.45) is 7.94. The number of hydrogen-bond donors (Lipinski definition) is 1. The van der Waals surface area contributed by atoms with Gasteiger partial charge in [0.15, 0.2) is 0 Å². The van der Waals surface area contributed by atoms with Gasteiger partial charge < -0.3 is 14.6 Å². The van der Waals surface area contributed by atoms with E-state index in [1.807, 2.05) is 6.92 Å². The number of nitrogens with zero attached hydrogens (tertiary/aromatic N) is 2. The van der Waals surface area contributed by atoms with Gasteiger partial charge in [0.2, 0.25) is 11.7 Å². The first-order valence-electron chi connectivity index (χ1n) is 7.55. The van der Waals surface area contributed by atoms with Crippen LogP contribution in [0, 0.1) is 0 Å². The monoisotopic (exact) mass is 265 g/mol. The summed E-state index contributed by atoms with van der Waals surface area (Å²) < 4.78 is 11.5. The summed E-state index contributed by atoms with van der Waals surface area (Å²) in [7, 11) is 0. The number of nitrogens with one attached hydrogen (secondary N) is 1. The lowest BCUT2D eigenvalue weighted by Gasteiger charge is -2.33. The van der Waals surface area contributed by atoms with Crippen LogP contribution in [0.15, 0.2) is 4.52 Å². The Morgan fingerprint density at radius 3 is 2.84 bits per heavy atom. The second kappa shape index (κ2) is 5.59. The lowest BCUT2D eigenvalue weighted by molar-refractivity contribution is -0.0777. The van der Waals surface area contributed by atoms with Crippen LogP contribution in [-0.2, 0) is 10.3 Å². The molecule has 2 fully saturated rings. The normalized spacial score (nSPS) is 26.7. The van der Waals surface area contributed by atoms with Crippen LogP contribution < -0.4 is 5.32 Å². The molecule has 1 unspecified atom stereocenters. The lowest BCUT2D eigenvalue weighted by atomic mass is 9.84. The topological polar surface area (TPSA) is 60.2 Å². The van der Waals surface area contributed by atoms with E-state index in [9.17, 15) is 0 Å². The van der Waals surface area contributed by atoms with Crippen molar-refractivity contribution in [2.75, 3.05) is 13.2 Å². The number of ether oxygens (including phenoxy) is 1. The Bertz CT molecular complexity index is 401. The van der Waals surface area contributed by atoms with Gasteiger partial charge in [-0.1, -0.05) is 24.4 Å². The van der Waals surface area contributed by atoms with Crippen LogP contribution in [0.5, 0.6) is 0 Å². The van der Waals surface area contributed by atoms with Gasteiger partial charge in [-0.05, 0) is 39.2 Å². The molecule has 1 saturated heterocycles. The zero-order chi connectivity index (χ0) is 13.1. The molecule has 0 bridgehead atoms. The molecule has 5 heteroatoms. The predicted molar refractivity (Wildman–Crippen MR) is 70.7 cm³/mol. The molecule has 5 nitrogen and oxygen atoms in total. The third-order valence-corrected chi connectivity index (χ3v) is 4.29. The summed E-state index contributed by atoms with van der Waals surface area (Å²) in [5.41, 5.74) is -0.298. The molecule has 1 aliphatic heterocycles. The van der Waals surface area contributed by atoms with E-state index < -0.39 is 0 Å². The van der Waals surface area contributed by atoms with Crippen molar-refractivity contribution in [3.05, 3.63) is 11.7 Å². The Morgan fingerprint density at radius 2 is 2.16 bits per heavy atom. The average Bonchev–Trinajstić information content (AvgIpc) is 3.11. The summed E-state index contributed by atoms with van der Waals surface area (Å²) in [5, 5.41) is 7.62. The van der Waals surface area contributed by atoms with Crippen LogP contribution in [0.3, 0.4) is 0 Å². The minimum absolute atomic E-state index is 0.239. The van der Waals surface area contributed by atoms with Crippen LogP contribution in [0.4, 0.5) is 0 Å². The van der Waals surface area contributed by atoms with E-state index in [0.29, 0.717) is 6.61 Å². The van der Waals surface area contributed by atoms with E-state index in [4.69, 9.17) is 9.26 Å². The van der Waals surface area contributed by atoms with Gasteiger partial charge in [0.25, 0.3) is 0 Å². The zero-order valence-electron chi connectivity index (χ0n) is 11.7. The average molecular weight is 265 g/mol. The lowest BCUT2D eigenvalue weighted by Crippen LogP contribution is -2.33. The molecular formula is C14H23N3O2. The highest BCUT2D eigenvalue weighted by atomic mass is 16.5. The van der Waals surface area contributed by atoms with Crippen molar-refractivity contribution in [3.8, 4) is 0 Å². The molecule has 3 rings (SSSR count). The quantitative estimate of drug-likeness (QED) is 0.907. The highest BCUT2D eigenvalue weighted by Gasteiger charge is 2.39. The van der Waals surface area contributed by atoms with Gasteiger partial charge in [-0.3, -0.25) is 0 Å². The first-order chi connectivity index (χ1) is 9.34. The molecule has 2 heterocycles. The Kier molecular flexibility index (Phi) is 3.84. The molecule has 1 atom stereocenters. The van der Waals surface area contributed by atoms with E-state index in [0.717, 1.165) is 37.5 Å². The minimum atomic E-state index is -0.298. The van der Waals surface area contributed by atoms with Crippen LogP contribution in [0.1, 0.15) is 69.6 Å². The number of hydrogen-bond acceptors (Lipinski definition) is 5. The largest absolute Gasteiger partial charge is 0.367 e. The fraction of sp³-hybridized carbons (Fsp3) is 0.857. The SMILES string of the molecule is CCOC1(c2noc(C3CCCN3)n2)CCCCC1. The fourth-order valence-corrected chi connectivity index (χ4v) is 3.29. The van der Waals surface area contributed by atoms with E-state index >= 15 is 0 Å². The summed E-state index contributed by atoms with van der Waals surface area (Å²) >= 11 is 0. The first kappa shape index (κ1) is 13.1. The molecule has 1 aliphatic carbocycles. The van der Waals surface area contributed by atoms with Crippen molar-refractivity contribution in [2.45, 2.75) is 63.5 Å². The van der Waals surface area contributed by atoms with E-state index in [-0.39, 0.29) is 11.6 Å². The Balaban J connectivity index is 1.81. The van der Waals surface area contributed by atoms with Gasteiger partial charge in [0, 0.05) is 6.61 Å². The first-order valence-corrected chi connectivity index (χ1v) is 7.55. The molecule has 19 heavy (non-hydrogen) atoms. The summed E-state index contributed by atoms with van der Waals surface area (Å²) in [6, 6.07) is 0.239. The Morgan fingerprint density at radius 1 is 1.32 bits per heavy atom. The van der Waals surface area contributed by atoms with Gasteiger partial charge in [-0.15, -0.1) is 0 Å². The molecule has 0 aromatic carbocycles. The molecule has 0 spiro atoms. The van der Waals surface area contributed by atoms with Crippen LogP contribution in [0.25, 0.3) is 0 Å². The van der Waals surface area contributed by atoms with E-state index in [2.05, 4.69) is 15.5 Å². The van der Waals surface area contributed by atoms with Crippen molar-refractivity contribution < 1.29 is 9.26 Å². The smallest absolute Gasteiger partial charge is 0.243 e. The zero-order valence-corrected chi connectivity index (χ0v) is 11.7. The maximum absolute atomic E-state index is 6.03. The van der Waals surface area contributed by atoms with E-state index in [1.165, 1.54) is 25.7 Å². The number of aromatic nitrogens is 2. The van der Waals surface area contributed by atoms with Crippen LogP contribution in [0.2, 0.25) is 0 Å². The third-order valence-electron chi connectivity index (χ3n) is 4.29. The van der Waals surface area contributed by atoms with Crippen LogP contribution >= 0.6 is 0 Å². The highest BCUT2D eigenvalue weighted by molar-refractivity contribution is 5.05. The molecule has 1 saturated carbocycles. The molecule has 106 valence electrons. The predicted octanol–water partition coefficient (Wildman–Crippen LogP) is 2.69. The fourth-order valence-electron chi connectivity index (χ4n) is 3.29. The summed E-state index contributed by atoms with van der Waals surface area (Å²) in [5.74, 6) is 1.50. The van der Waals surface area contributed by atoms with Crippen molar-refractivity contribution in [3.63, 3.8) is 0 Å². The second-order valence-electron chi connectivity index (χ2n) is 5.59. The van der Waals surface area contributed by atoms with Crippen molar-refractivity contribution >= 4 is 0 Å². The molecule has 0 radical (unpaired) electrons. The Hall–Kier alpha value is -0.940. The Labute approximate surface area is 114 Å². The maximum Gasteiger partial charge on any atom is 0.243 e. The number of rotatable bonds is 4. The van der Waals surface area contributed by atoms with Crippen molar-refractivity contribution in [2.24, 2.45) is 0 Å².